The van der Waals surface area contributed by atoms with Gasteiger partial charge in [0.15, 0.2) is 0 Å². The van der Waals surface area contributed by atoms with Gasteiger partial charge >= 0.3 is 0 Å². The number of amides is 1. The smallest absolute Gasteiger partial charge is 0.273 e. The molecule has 0 spiro atoms. The van der Waals surface area contributed by atoms with Crippen LogP contribution < -0.4 is 0 Å². The molecule has 0 N–H and O–H groups in total. The lowest BCUT2D eigenvalue weighted by Crippen LogP contribution is -2.36. The van der Waals surface area contributed by atoms with E-state index in [1.54, 1.807) is 6.07 Å². The van der Waals surface area contributed by atoms with E-state index in [0.29, 0.717) is 15.2 Å². The van der Waals surface area contributed by atoms with Crippen LogP contribution in [-0.2, 0) is 0 Å². The molecule has 1 fully saturated rings. The minimum atomic E-state index is -0.0109. The quantitative estimate of drug-likeness (QED) is 0.798. The third-order valence-electron chi connectivity index (χ3n) is 2.65. The van der Waals surface area contributed by atoms with Gasteiger partial charge in [-0.05, 0) is 41.3 Å². The van der Waals surface area contributed by atoms with Gasteiger partial charge in [-0.15, -0.1) is 0 Å². The molecule has 1 aliphatic heterocycles. The number of hydrogen-bond donors (Lipinski definition) is 0. The van der Waals surface area contributed by atoms with Crippen LogP contribution in [0.3, 0.4) is 0 Å². The van der Waals surface area contributed by atoms with Gasteiger partial charge in [0.25, 0.3) is 5.91 Å². The second-order valence-electron chi connectivity index (χ2n) is 3.84. The molecule has 1 aromatic heterocycles. The normalized spacial score (nSPS) is 16.2. The van der Waals surface area contributed by atoms with Gasteiger partial charge in [0, 0.05) is 19.3 Å². The summed E-state index contributed by atoms with van der Waals surface area (Å²) in [4.78, 5) is 18.1. The largest absolute Gasteiger partial charge is 0.337 e. The third kappa shape index (κ3) is 2.55. The Morgan fingerprint density at radius 3 is 2.69 bits per heavy atom. The highest BCUT2D eigenvalue weighted by atomic mass is 79.9. The molecule has 1 aliphatic rings. The Labute approximate surface area is 108 Å². The molecular weight excluding hydrogens is 291 g/mol. The SMILES string of the molecule is O=C(c1ncc(Cl)cc1Br)N1CCCCC1. The molecule has 16 heavy (non-hydrogen) atoms. The summed E-state index contributed by atoms with van der Waals surface area (Å²) >= 11 is 9.11. The van der Waals surface area contributed by atoms with Gasteiger partial charge in [-0.25, -0.2) is 4.98 Å². The lowest BCUT2D eigenvalue weighted by molar-refractivity contribution is 0.0717. The predicted molar refractivity (Wildman–Crippen MR) is 66.7 cm³/mol. The first kappa shape index (κ1) is 11.9. The van der Waals surface area contributed by atoms with Crippen LogP contribution in [0.2, 0.25) is 5.02 Å². The van der Waals surface area contributed by atoms with Crippen molar-refractivity contribution in [2.24, 2.45) is 0 Å². The monoisotopic (exact) mass is 302 g/mol. The molecule has 1 amide bonds. The first-order valence-electron chi connectivity index (χ1n) is 5.29. The average molecular weight is 304 g/mol. The molecule has 3 nitrogen and oxygen atoms in total. The average Bonchev–Trinajstić information content (AvgIpc) is 2.29. The van der Waals surface area contributed by atoms with Crippen molar-refractivity contribution in [3.63, 3.8) is 0 Å². The zero-order valence-corrected chi connectivity index (χ0v) is 11.1. The molecule has 0 atom stereocenters. The minimum Gasteiger partial charge on any atom is -0.337 e. The van der Waals surface area contributed by atoms with Crippen LogP contribution in [-0.4, -0.2) is 28.9 Å². The van der Waals surface area contributed by atoms with Crippen LogP contribution in [0.4, 0.5) is 0 Å². The van der Waals surface area contributed by atoms with Gasteiger partial charge in [-0.1, -0.05) is 11.6 Å². The van der Waals surface area contributed by atoms with Gasteiger partial charge in [0.05, 0.1) is 9.50 Å². The Hall–Kier alpha value is -0.610. The standard InChI is InChI=1S/C11H12BrClN2O/c12-9-6-8(13)7-14-10(9)11(16)15-4-2-1-3-5-15/h6-7H,1-5H2. The number of likely N-dealkylation sites (tertiary alicyclic amines) is 1. The Morgan fingerprint density at radius 1 is 1.38 bits per heavy atom. The van der Waals surface area contributed by atoms with E-state index >= 15 is 0 Å². The number of hydrogen-bond acceptors (Lipinski definition) is 2. The molecule has 0 aromatic carbocycles. The van der Waals surface area contributed by atoms with Crippen molar-refractivity contribution in [1.29, 1.82) is 0 Å². The van der Waals surface area contributed by atoms with Gasteiger partial charge in [0.1, 0.15) is 5.69 Å². The van der Waals surface area contributed by atoms with E-state index in [1.165, 1.54) is 12.6 Å². The molecule has 0 unspecified atom stereocenters. The molecule has 0 bridgehead atoms. The summed E-state index contributed by atoms with van der Waals surface area (Å²) in [5.74, 6) is -0.0109. The second-order valence-corrected chi connectivity index (χ2v) is 5.13. The fourth-order valence-corrected chi connectivity index (χ4v) is 2.63. The van der Waals surface area contributed by atoms with E-state index in [2.05, 4.69) is 20.9 Å². The molecule has 0 aliphatic carbocycles. The summed E-state index contributed by atoms with van der Waals surface area (Å²) in [5.41, 5.74) is 0.450. The number of carbonyl (C=O) groups is 1. The molecular formula is C11H12BrClN2O. The van der Waals surface area contributed by atoms with E-state index in [0.717, 1.165) is 25.9 Å². The van der Waals surface area contributed by atoms with E-state index < -0.39 is 0 Å². The van der Waals surface area contributed by atoms with Gasteiger partial charge in [-0.3, -0.25) is 4.79 Å². The lowest BCUT2D eigenvalue weighted by Gasteiger charge is -2.26. The van der Waals surface area contributed by atoms with Crippen molar-refractivity contribution in [3.8, 4) is 0 Å². The van der Waals surface area contributed by atoms with Crippen molar-refractivity contribution in [1.82, 2.24) is 9.88 Å². The van der Waals surface area contributed by atoms with Crippen molar-refractivity contribution < 1.29 is 4.79 Å². The summed E-state index contributed by atoms with van der Waals surface area (Å²) in [6.07, 6.45) is 4.87. The first-order chi connectivity index (χ1) is 7.68. The first-order valence-corrected chi connectivity index (χ1v) is 6.46. The molecule has 1 aromatic rings. The zero-order valence-electron chi connectivity index (χ0n) is 8.75. The van der Waals surface area contributed by atoms with Crippen LogP contribution in [0.25, 0.3) is 0 Å². The number of piperidine rings is 1. The number of nitrogens with zero attached hydrogens (tertiary/aromatic N) is 2. The number of rotatable bonds is 1. The van der Waals surface area contributed by atoms with Crippen molar-refractivity contribution in [2.75, 3.05) is 13.1 Å². The van der Waals surface area contributed by atoms with E-state index in [9.17, 15) is 4.79 Å². The molecule has 1 saturated heterocycles. The van der Waals surface area contributed by atoms with Crippen LogP contribution in [0.1, 0.15) is 29.8 Å². The van der Waals surface area contributed by atoms with E-state index in [4.69, 9.17) is 11.6 Å². The molecule has 2 rings (SSSR count). The molecule has 0 radical (unpaired) electrons. The minimum absolute atomic E-state index is 0.0109. The summed E-state index contributed by atoms with van der Waals surface area (Å²) in [6.45, 7) is 1.66. The number of pyridine rings is 1. The van der Waals surface area contributed by atoms with Gasteiger partial charge < -0.3 is 4.90 Å². The summed E-state index contributed by atoms with van der Waals surface area (Å²) in [6, 6.07) is 1.70. The number of carbonyl (C=O) groups excluding carboxylic acids is 1. The van der Waals surface area contributed by atoms with Gasteiger partial charge in [0.2, 0.25) is 0 Å². The fraction of sp³-hybridized carbons (Fsp3) is 0.455. The third-order valence-corrected chi connectivity index (χ3v) is 3.46. The highest BCUT2D eigenvalue weighted by Gasteiger charge is 2.21. The van der Waals surface area contributed by atoms with Crippen molar-refractivity contribution >= 4 is 33.4 Å². The molecule has 2 heterocycles. The van der Waals surface area contributed by atoms with E-state index in [-0.39, 0.29) is 5.91 Å². The molecule has 0 saturated carbocycles. The highest BCUT2D eigenvalue weighted by molar-refractivity contribution is 9.10. The van der Waals surface area contributed by atoms with E-state index in [1.807, 2.05) is 4.90 Å². The molecule has 86 valence electrons. The maximum absolute atomic E-state index is 12.1. The lowest BCUT2D eigenvalue weighted by atomic mass is 10.1. The highest BCUT2D eigenvalue weighted by Crippen LogP contribution is 2.21. The Kier molecular flexibility index (Phi) is 3.82. The fourth-order valence-electron chi connectivity index (χ4n) is 1.82. The Balaban J connectivity index is 2.19. The number of aromatic nitrogens is 1. The Morgan fingerprint density at radius 2 is 2.06 bits per heavy atom. The zero-order chi connectivity index (χ0) is 11.5. The predicted octanol–water partition coefficient (Wildman–Crippen LogP) is 3.12. The van der Waals surface area contributed by atoms with Crippen LogP contribution >= 0.6 is 27.5 Å². The Bertz CT molecular complexity index is 405. The molecule has 5 heteroatoms. The summed E-state index contributed by atoms with van der Waals surface area (Å²) < 4.78 is 0.663. The van der Waals surface area contributed by atoms with Crippen LogP contribution in [0.5, 0.6) is 0 Å². The second kappa shape index (κ2) is 5.15. The summed E-state index contributed by atoms with van der Waals surface area (Å²) in [7, 11) is 0. The number of halogens is 2. The van der Waals surface area contributed by atoms with Gasteiger partial charge in [-0.2, -0.15) is 0 Å². The summed E-state index contributed by atoms with van der Waals surface area (Å²) in [5, 5.41) is 0.530. The maximum Gasteiger partial charge on any atom is 0.273 e. The van der Waals surface area contributed by atoms with Crippen LogP contribution in [0, 0.1) is 0 Å². The van der Waals surface area contributed by atoms with Crippen LogP contribution in [0.15, 0.2) is 16.7 Å². The van der Waals surface area contributed by atoms with Crippen molar-refractivity contribution in [3.05, 3.63) is 27.5 Å². The van der Waals surface area contributed by atoms with Crippen molar-refractivity contribution in [2.45, 2.75) is 19.3 Å². The maximum atomic E-state index is 12.1. The topological polar surface area (TPSA) is 33.2 Å².